The molecule has 1 aromatic heterocycles. The number of hydrogen-bond donors (Lipinski definition) is 2. The fourth-order valence-corrected chi connectivity index (χ4v) is 4.18. The second-order valence-corrected chi connectivity index (χ2v) is 7.68. The highest BCUT2D eigenvalue weighted by Gasteiger charge is 2.15. The van der Waals surface area contributed by atoms with Gasteiger partial charge in [-0.25, -0.2) is 0 Å². The third kappa shape index (κ3) is 4.38. The number of methoxy groups -OCH3 is 3. The molecule has 4 rings (SSSR count). The maximum Gasteiger partial charge on any atom is 0.244 e. The van der Waals surface area contributed by atoms with Gasteiger partial charge in [0.2, 0.25) is 11.7 Å². The topological polar surface area (TPSA) is 72.6 Å². The lowest BCUT2D eigenvalue weighted by molar-refractivity contribution is -0.116. The minimum Gasteiger partial charge on any atom is -0.493 e. The third-order valence-corrected chi connectivity index (χ3v) is 5.74. The van der Waals surface area contributed by atoms with Gasteiger partial charge in [0.15, 0.2) is 11.5 Å². The molecule has 2 aromatic carbocycles. The number of ether oxygens (including phenoxy) is 3. The number of aromatic amines is 1. The van der Waals surface area contributed by atoms with E-state index in [1.54, 1.807) is 39.5 Å². The van der Waals surface area contributed by atoms with Crippen LogP contribution in [0.3, 0.4) is 0 Å². The van der Waals surface area contributed by atoms with Crippen molar-refractivity contribution in [3.05, 3.63) is 58.8 Å². The molecule has 0 aliphatic heterocycles. The predicted octanol–water partition coefficient (Wildman–Crippen LogP) is 4.40. The lowest BCUT2D eigenvalue weighted by Crippen LogP contribution is -2.20. The average molecular weight is 421 g/mol. The van der Waals surface area contributed by atoms with Crippen LogP contribution in [0.25, 0.3) is 17.0 Å². The maximum atomic E-state index is 12.4. The molecule has 1 heterocycles. The van der Waals surface area contributed by atoms with E-state index in [1.807, 2.05) is 0 Å². The van der Waals surface area contributed by atoms with E-state index >= 15 is 0 Å². The molecule has 0 saturated heterocycles. The van der Waals surface area contributed by atoms with Crippen molar-refractivity contribution >= 4 is 22.9 Å². The first-order chi connectivity index (χ1) is 15.1. The number of rotatable bonds is 7. The summed E-state index contributed by atoms with van der Waals surface area (Å²) in [6.45, 7) is 0.480. The van der Waals surface area contributed by atoms with Crippen LogP contribution in [0.15, 0.2) is 36.4 Å². The van der Waals surface area contributed by atoms with Gasteiger partial charge < -0.3 is 24.5 Å². The third-order valence-electron chi connectivity index (χ3n) is 5.74. The zero-order valence-electron chi connectivity index (χ0n) is 18.2. The van der Waals surface area contributed by atoms with Gasteiger partial charge in [-0.3, -0.25) is 4.79 Å². The van der Waals surface area contributed by atoms with Gasteiger partial charge in [-0.1, -0.05) is 6.07 Å². The highest BCUT2D eigenvalue weighted by Crippen LogP contribution is 2.38. The van der Waals surface area contributed by atoms with E-state index in [4.69, 9.17) is 14.2 Å². The van der Waals surface area contributed by atoms with Crippen molar-refractivity contribution in [2.24, 2.45) is 0 Å². The van der Waals surface area contributed by atoms with E-state index in [0.29, 0.717) is 23.8 Å². The minimum atomic E-state index is -0.162. The number of hydrogen-bond acceptors (Lipinski definition) is 4. The molecule has 6 nitrogen and oxygen atoms in total. The van der Waals surface area contributed by atoms with E-state index in [2.05, 4.69) is 28.5 Å². The summed E-state index contributed by atoms with van der Waals surface area (Å²) >= 11 is 0. The van der Waals surface area contributed by atoms with Gasteiger partial charge in [0.25, 0.3) is 0 Å². The summed E-state index contributed by atoms with van der Waals surface area (Å²) in [6, 6.07) is 9.97. The van der Waals surface area contributed by atoms with Crippen molar-refractivity contribution in [2.45, 2.75) is 32.2 Å². The average Bonchev–Trinajstić information content (AvgIpc) is 3.18. The number of nitrogens with one attached hydrogen (secondary N) is 2. The summed E-state index contributed by atoms with van der Waals surface area (Å²) < 4.78 is 16.0. The molecule has 2 N–H and O–H groups in total. The van der Waals surface area contributed by atoms with Crippen molar-refractivity contribution < 1.29 is 19.0 Å². The molecular weight excluding hydrogens is 392 g/mol. The minimum absolute atomic E-state index is 0.162. The van der Waals surface area contributed by atoms with Gasteiger partial charge in [-0.2, -0.15) is 0 Å². The highest BCUT2D eigenvalue weighted by molar-refractivity contribution is 5.92. The molecular formula is C25H28N2O4. The molecule has 31 heavy (non-hydrogen) atoms. The monoisotopic (exact) mass is 420 g/mol. The van der Waals surface area contributed by atoms with Crippen LogP contribution in [0.5, 0.6) is 17.2 Å². The second kappa shape index (κ2) is 9.16. The fraction of sp³-hybridized carbons (Fsp3) is 0.320. The number of H-pyrrole nitrogens is 1. The molecule has 1 amide bonds. The van der Waals surface area contributed by atoms with Gasteiger partial charge in [0.1, 0.15) is 0 Å². The molecule has 6 heteroatoms. The smallest absolute Gasteiger partial charge is 0.244 e. The Balaban J connectivity index is 1.44. The van der Waals surface area contributed by atoms with Crippen LogP contribution in [-0.2, 0) is 24.2 Å². The summed E-state index contributed by atoms with van der Waals surface area (Å²) in [4.78, 5) is 15.9. The Morgan fingerprint density at radius 2 is 1.77 bits per heavy atom. The summed E-state index contributed by atoms with van der Waals surface area (Å²) in [5.74, 6) is 1.45. The maximum absolute atomic E-state index is 12.4. The molecule has 3 aromatic rings. The van der Waals surface area contributed by atoms with Crippen molar-refractivity contribution in [1.82, 2.24) is 10.3 Å². The molecule has 0 atom stereocenters. The summed E-state index contributed by atoms with van der Waals surface area (Å²) in [7, 11) is 4.69. The summed E-state index contributed by atoms with van der Waals surface area (Å²) in [5, 5.41) is 4.25. The molecule has 0 bridgehead atoms. The Morgan fingerprint density at radius 1 is 1.03 bits per heavy atom. The molecule has 162 valence electrons. The zero-order chi connectivity index (χ0) is 21.8. The Morgan fingerprint density at radius 3 is 2.48 bits per heavy atom. The van der Waals surface area contributed by atoms with E-state index < -0.39 is 0 Å². The lowest BCUT2D eigenvalue weighted by Gasteiger charge is -2.12. The molecule has 0 spiro atoms. The standard InChI is InChI=1S/C25H28N2O4/c1-29-22-13-16(14-23(30-2)25(22)31-3)9-11-24(28)26-15-17-8-10-21-19(12-17)18-6-4-5-7-20(18)27-21/h8-14,27H,4-7,15H2,1-3H3,(H,26,28)/b11-9+. The Bertz CT molecular complexity index is 1100. The van der Waals surface area contributed by atoms with Crippen molar-refractivity contribution in [2.75, 3.05) is 21.3 Å². The van der Waals surface area contributed by atoms with Crippen LogP contribution in [0.1, 0.15) is 35.2 Å². The van der Waals surface area contributed by atoms with E-state index in [9.17, 15) is 4.79 Å². The lowest BCUT2D eigenvalue weighted by atomic mass is 9.95. The van der Waals surface area contributed by atoms with Crippen molar-refractivity contribution in [3.8, 4) is 17.2 Å². The van der Waals surface area contributed by atoms with Crippen LogP contribution < -0.4 is 19.5 Å². The first-order valence-corrected chi connectivity index (χ1v) is 10.5. The Kier molecular flexibility index (Phi) is 6.16. The fourth-order valence-electron chi connectivity index (χ4n) is 4.18. The van der Waals surface area contributed by atoms with Gasteiger partial charge in [0.05, 0.1) is 21.3 Å². The van der Waals surface area contributed by atoms with E-state index in [1.165, 1.54) is 41.1 Å². The van der Waals surface area contributed by atoms with Crippen molar-refractivity contribution in [1.29, 1.82) is 0 Å². The summed E-state index contributed by atoms with van der Waals surface area (Å²) in [6.07, 6.45) is 7.99. The molecule has 1 aliphatic carbocycles. The first-order valence-electron chi connectivity index (χ1n) is 10.5. The van der Waals surface area contributed by atoms with Crippen LogP contribution in [0, 0.1) is 0 Å². The van der Waals surface area contributed by atoms with Crippen LogP contribution in [0.2, 0.25) is 0 Å². The normalized spacial score (nSPS) is 13.3. The number of carbonyl (C=O) groups excluding carboxylic acids is 1. The van der Waals surface area contributed by atoms with Crippen LogP contribution in [-0.4, -0.2) is 32.2 Å². The number of amides is 1. The zero-order valence-corrected chi connectivity index (χ0v) is 18.2. The predicted molar refractivity (Wildman–Crippen MR) is 122 cm³/mol. The molecule has 1 aliphatic rings. The first kappa shape index (κ1) is 20.8. The highest BCUT2D eigenvalue weighted by atomic mass is 16.5. The number of benzene rings is 2. The number of fused-ring (bicyclic) bond motifs is 3. The molecule has 0 fully saturated rings. The van der Waals surface area contributed by atoms with Gasteiger partial charge in [-0.05, 0) is 72.7 Å². The SMILES string of the molecule is COc1cc(/C=C/C(=O)NCc2ccc3[nH]c4c(c3c2)CCCC4)cc(OC)c1OC. The number of carbonyl (C=O) groups is 1. The largest absolute Gasteiger partial charge is 0.493 e. The Hall–Kier alpha value is -3.41. The van der Waals surface area contributed by atoms with Gasteiger partial charge in [-0.15, -0.1) is 0 Å². The quantitative estimate of drug-likeness (QED) is 0.556. The molecule has 0 radical (unpaired) electrons. The van der Waals surface area contributed by atoms with Gasteiger partial charge >= 0.3 is 0 Å². The van der Waals surface area contributed by atoms with E-state index in [-0.39, 0.29) is 5.91 Å². The Labute approximate surface area is 182 Å². The second-order valence-electron chi connectivity index (χ2n) is 7.68. The molecule has 0 saturated carbocycles. The number of aryl methyl sites for hydroxylation is 2. The van der Waals surface area contributed by atoms with Crippen LogP contribution >= 0.6 is 0 Å². The van der Waals surface area contributed by atoms with Crippen molar-refractivity contribution in [3.63, 3.8) is 0 Å². The van der Waals surface area contributed by atoms with E-state index in [0.717, 1.165) is 24.0 Å². The van der Waals surface area contributed by atoms with Crippen LogP contribution in [0.4, 0.5) is 0 Å². The summed E-state index contributed by atoms with van der Waals surface area (Å²) in [5.41, 5.74) is 5.87. The molecule has 0 unspecified atom stereocenters. The number of aromatic nitrogens is 1. The van der Waals surface area contributed by atoms with Gasteiger partial charge in [0, 0.05) is 29.2 Å².